The number of unbranched alkanes of at least 4 members (excludes halogenated alkanes) is 3. The molecule has 0 amide bonds. The van der Waals surface area contributed by atoms with Gasteiger partial charge < -0.3 is 15.4 Å². The highest BCUT2D eigenvalue weighted by Crippen LogP contribution is 2.19. The van der Waals surface area contributed by atoms with Gasteiger partial charge in [-0.15, -0.1) is 0 Å². The van der Waals surface area contributed by atoms with Crippen LogP contribution in [0, 0.1) is 0 Å². The fourth-order valence-electron chi connectivity index (χ4n) is 1.65. The highest BCUT2D eigenvalue weighted by atomic mass is 32.2. The number of carbonyl (C=O) groups excluding carboxylic acids is 1. The summed E-state index contributed by atoms with van der Waals surface area (Å²) < 4.78 is 4.81. The molecule has 0 spiro atoms. The lowest BCUT2D eigenvalue weighted by Crippen LogP contribution is -2.43. The summed E-state index contributed by atoms with van der Waals surface area (Å²) >= 11 is 1.84. The number of guanidine groups is 1. The number of hydrogen-bond acceptors (Lipinski definition) is 4. The first-order valence-electron chi connectivity index (χ1n) is 7.51. The summed E-state index contributed by atoms with van der Waals surface area (Å²) in [6.07, 6.45) is 6.79. The smallest absolute Gasteiger partial charge is 0.305 e. The number of rotatable bonds is 10. The molecule has 0 aliphatic carbocycles. The fourth-order valence-corrected chi connectivity index (χ4v) is 1.86. The number of carbonyl (C=O) groups is 1. The minimum atomic E-state index is -0.117. The van der Waals surface area contributed by atoms with Crippen LogP contribution in [0.1, 0.15) is 46.0 Å². The van der Waals surface area contributed by atoms with E-state index in [4.69, 9.17) is 0 Å². The van der Waals surface area contributed by atoms with Crippen LogP contribution in [0.2, 0.25) is 0 Å². The summed E-state index contributed by atoms with van der Waals surface area (Å²) in [5.41, 5.74) is 0. The second kappa shape index (κ2) is 11.7. The first kappa shape index (κ1) is 20.1. The van der Waals surface area contributed by atoms with E-state index in [1.165, 1.54) is 7.11 Å². The van der Waals surface area contributed by atoms with Crippen molar-refractivity contribution in [3.05, 3.63) is 0 Å². The maximum atomic E-state index is 10.9. The van der Waals surface area contributed by atoms with Gasteiger partial charge in [-0.1, -0.05) is 12.8 Å². The van der Waals surface area contributed by atoms with Gasteiger partial charge in [-0.2, -0.15) is 11.8 Å². The van der Waals surface area contributed by atoms with Crippen LogP contribution in [0.3, 0.4) is 0 Å². The van der Waals surface area contributed by atoms with Gasteiger partial charge in [0, 0.05) is 31.3 Å². The molecule has 5 nitrogen and oxygen atoms in total. The van der Waals surface area contributed by atoms with Crippen molar-refractivity contribution in [3.8, 4) is 0 Å². The zero-order valence-corrected chi connectivity index (χ0v) is 14.9. The van der Waals surface area contributed by atoms with E-state index in [0.717, 1.165) is 44.7 Å². The Morgan fingerprint density at radius 2 is 1.86 bits per heavy atom. The summed E-state index contributed by atoms with van der Waals surface area (Å²) in [6.45, 7) is 6.20. The van der Waals surface area contributed by atoms with Crippen molar-refractivity contribution in [2.45, 2.75) is 50.7 Å². The van der Waals surface area contributed by atoms with Crippen molar-refractivity contribution in [2.75, 3.05) is 33.5 Å². The Morgan fingerprint density at radius 1 is 1.19 bits per heavy atom. The van der Waals surface area contributed by atoms with Crippen molar-refractivity contribution in [2.24, 2.45) is 4.99 Å². The molecule has 2 N–H and O–H groups in total. The van der Waals surface area contributed by atoms with Crippen molar-refractivity contribution >= 4 is 23.7 Å². The standard InChI is InChI=1S/C15H31N3O2S/c1-15(2,21-5)12-18-14(16-3)17-11-9-7-6-8-10-13(19)20-4/h6-12H2,1-5H3,(H2,16,17,18). The van der Waals surface area contributed by atoms with Gasteiger partial charge in [0.25, 0.3) is 0 Å². The number of ether oxygens (including phenoxy) is 1. The molecule has 0 rings (SSSR count). The molecule has 0 aromatic carbocycles. The lowest BCUT2D eigenvalue weighted by molar-refractivity contribution is -0.140. The van der Waals surface area contributed by atoms with E-state index in [2.05, 4.69) is 40.5 Å². The first-order chi connectivity index (χ1) is 9.95. The third-order valence-electron chi connectivity index (χ3n) is 3.29. The third kappa shape index (κ3) is 11.4. The molecule has 21 heavy (non-hydrogen) atoms. The second-order valence-electron chi connectivity index (χ2n) is 5.56. The number of esters is 1. The van der Waals surface area contributed by atoms with E-state index in [0.29, 0.717) is 6.42 Å². The molecular weight excluding hydrogens is 286 g/mol. The molecule has 124 valence electrons. The summed E-state index contributed by atoms with van der Waals surface area (Å²) in [5, 5.41) is 6.66. The van der Waals surface area contributed by atoms with Crippen LogP contribution in [-0.4, -0.2) is 50.2 Å². The fraction of sp³-hybridized carbons (Fsp3) is 0.867. The molecule has 0 unspecified atom stereocenters. The Morgan fingerprint density at radius 3 is 2.43 bits per heavy atom. The Balaban J connectivity index is 3.63. The Bertz CT molecular complexity index is 320. The molecule has 0 aromatic rings. The predicted molar refractivity (Wildman–Crippen MR) is 92.1 cm³/mol. The normalized spacial score (nSPS) is 12.1. The van der Waals surface area contributed by atoms with Crippen molar-refractivity contribution in [3.63, 3.8) is 0 Å². The van der Waals surface area contributed by atoms with Crippen LogP contribution in [0.4, 0.5) is 0 Å². The molecule has 0 fully saturated rings. The van der Waals surface area contributed by atoms with Crippen LogP contribution in [0.5, 0.6) is 0 Å². The van der Waals surface area contributed by atoms with Crippen molar-refractivity contribution < 1.29 is 9.53 Å². The number of nitrogens with one attached hydrogen (secondary N) is 2. The Kier molecular flexibility index (Phi) is 11.2. The summed E-state index contributed by atoms with van der Waals surface area (Å²) in [4.78, 5) is 15.2. The average Bonchev–Trinajstić information content (AvgIpc) is 2.48. The average molecular weight is 317 g/mol. The minimum absolute atomic E-state index is 0.117. The van der Waals surface area contributed by atoms with Crippen LogP contribution >= 0.6 is 11.8 Å². The van der Waals surface area contributed by atoms with Crippen molar-refractivity contribution in [1.82, 2.24) is 10.6 Å². The van der Waals surface area contributed by atoms with Crippen LogP contribution < -0.4 is 10.6 Å². The van der Waals surface area contributed by atoms with Crippen molar-refractivity contribution in [1.29, 1.82) is 0 Å². The molecule has 6 heteroatoms. The molecule has 0 aromatic heterocycles. The predicted octanol–water partition coefficient (Wildman–Crippen LogP) is 2.42. The van der Waals surface area contributed by atoms with E-state index < -0.39 is 0 Å². The van der Waals surface area contributed by atoms with Gasteiger partial charge in [0.05, 0.1) is 7.11 Å². The zero-order valence-electron chi connectivity index (χ0n) is 14.1. The number of methoxy groups -OCH3 is 1. The van der Waals surface area contributed by atoms with Gasteiger partial charge in [-0.3, -0.25) is 9.79 Å². The largest absolute Gasteiger partial charge is 0.469 e. The number of thioether (sulfide) groups is 1. The molecule has 0 atom stereocenters. The van der Waals surface area contributed by atoms with Crippen LogP contribution in [0.25, 0.3) is 0 Å². The highest BCUT2D eigenvalue weighted by molar-refractivity contribution is 7.99. The molecule has 0 aliphatic rings. The van der Waals surface area contributed by atoms with Crippen LogP contribution in [-0.2, 0) is 9.53 Å². The maximum absolute atomic E-state index is 10.9. The van der Waals surface area contributed by atoms with E-state index >= 15 is 0 Å². The summed E-state index contributed by atoms with van der Waals surface area (Å²) in [5.74, 6) is 0.737. The molecule has 0 aliphatic heterocycles. The van der Waals surface area contributed by atoms with Gasteiger partial charge in [0.2, 0.25) is 0 Å². The lowest BCUT2D eigenvalue weighted by atomic mass is 10.1. The molecule has 0 heterocycles. The van der Waals surface area contributed by atoms with Gasteiger partial charge in [0.1, 0.15) is 0 Å². The molecular formula is C15H31N3O2S. The molecule has 0 radical (unpaired) electrons. The summed E-state index contributed by atoms with van der Waals surface area (Å²) in [6, 6.07) is 0. The van der Waals surface area contributed by atoms with E-state index in [9.17, 15) is 4.79 Å². The van der Waals surface area contributed by atoms with Gasteiger partial charge >= 0.3 is 5.97 Å². The molecule has 0 saturated carbocycles. The lowest BCUT2D eigenvalue weighted by Gasteiger charge is -2.23. The number of aliphatic imine (C=N–C) groups is 1. The monoisotopic (exact) mass is 317 g/mol. The van der Waals surface area contributed by atoms with Gasteiger partial charge in [-0.05, 0) is 32.9 Å². The zero-order chi connectivity index (χ0) is 16.1. The SMILES string of the molecule is CN=C(NCCCCCCC(=O)OC)NCC(C)(C)SC. The number of nitrogens with zero attached hydrogens (tertiary/aromatic N) is 1. The Hall–Kier alpha value is -0.910. The van der Waals surface area contributed by atoms with Gasteiger partial charge in [-0.25, -0.2) is 0 Å². The van der Waals surface area contributed by atoms with E-state index in [-0.39, 0.29) is 10.7 Å². The summed E-state index contributed by atoms with van der Waals surface area (Å²) in [7, 11) is 3.22. The third-order valence-corrected chi connectivity index (χ3v) is 4.54. The van der Waals surface area contributed by atoms with Crippen LogP contribution in [0.15, 0.2) is 4.99 Å². The van der Waals surface area contributed by atoms with E-state index in [1.807, 2.05) is 11.8 Å². The highest BCUT2D eigenvalue weighted by Gasteiger charge is 2.15. The van der Waals surface area contributed by atoms with Gasteiger partial charge in [0.15, 0.2) is 5.96 Å². The minimum Gasteiger partial charge on any atom is -0.469 e. The first-order valence-corrected chi connectivity index (χ1v) is 8.74. The maximum Gasteiger partial charge on any atom is 0.305 e. The Labute approximate surface area is 133 Å². The van der Waals surface area contributed by atoms with E-state index in [1.54, 1.807) is 7.05 Å². The topological polar surface area (TPSA) is 62.7 Å². The molecule has 0 bridgehead atoms. The number of hydrogen-bond donors (Lipinski definition) is 2. The molecule has 0 saturated heterocycles. The second-order valence-corrected chi connectivity index (χ2v) is 7.07. The quantitative estimate of drug-likeness (QED) is 0.280.